The van der Waals surface area contributed by atoms with Gasteiger partial charge in [-0.25, -0.2) is 4.98 Å². The van der Waals surface area contributed by atoms with Crippen molar-refractivity contribution in [1.29, 1.82) is 0 Å². The van der Waals surface area contributed by atoms with Crippen LogP contribution >= 0.6 is 11.3 Å². The Morgan fingerprint density at radius 3 is 2.67 bits per heavy atom. The van der Waals surface area contributed by atoms with Gasteiger partial charge in [0.25, 0.3) is 0 Å². The lowest BCUT2D eigenvalue weighted by atomic mass is 10.0. The predicted molar refractivity (Wildman–Crippen MR) is 87.6 cm³/mol. The topological polar surface area (TPSA) is 37.8 Å². The Balaban J connectivity index is 1.86. The molecule has 0 fully saturated rings. The van der Waals surface area contributed by atoms with Crippen LogP contribution in [0.25, 0.3) is 0 Å². The van der Waals surface area contributed by atoms with Gasteiger partial charge >= 0.3 is 0 Å². The first-order valence-corrected chi connectivity index (χ1v) is 7.81. The molecule has 0 aliphatic rings. The molecule has 4 heteroatoms. The molecule has 3 nitrogen and oxygen atoms in total. The molecule has 0 amide bonds. The number of nitrogens with one attached hydrogen (secondary N) is 1. The van der Waals surface area contributed by atoms with Crippen molar-refractivity contribution in [2.45, 2.75) is 19.4 Å². The van der Waals surface area contributed by atoms with E-state index >= 15 is 0 Å². The molecular formula is C17H17N3S. The smallest absolute Gasteiger partial charge is 0.144 e. The molecule has 3 rings (SSSR count). The van der Waals surface area contributed by atoms with Gasteiger partial charge in [-0.15, -0.1) is 11.3 Å². The van der Waals surface area contributed by atoms with Crippen molar-refractivity contribution in [3.05, 3.63) is 76.4 Å². The van der Waals surface area contributed by atoms with E-state index in [0.29, 0.717) is 0 Å². The summed E-state index contributed by atoms with van der Waals surface area (Å²) in [5, 5.41) is 5.65. The van der Waals surface area contributed by atoms with Gasteiger partial charge in [-0.2, -0.15) is 0 Å². The summed E-state index contributed by atoms with van der Waals surface area (Å²) in [7, 11) is 0. The third-order valence-electron chi connectivity index (χ3n) is 3.39. The van der Waals surface area contributed by atoms with E-state index in [0.717, 1.165) is 12.2 Å². The number of hydrogen-bond acceptors (Lipinski definition) is 4. The third-order valence-corrected chi connectivity index (χ3v) is 4.52. The van der Waals surface area contributed by atoms with Crippen LogP contribution in [-0.4, -0.2) is 9.97 Å². The lowest BCUT2D eigenvalue weighted by Crippen LogP contribution is -2.14. The molecule has 1 unspecified atom stereocenters. The summed E-state index contributed by atoms with van der Waals surface area (Å²) in [6.45, 7) is 2.15. The van der Waals surface area contributed by atoms with Gasteiger partial charge in [-0.1, -0.05) is 30.3 Å². The van der Waals surface area contributed by atoms with Gasteiger partial charge < -0.3 is 5.32 Å². The normalized spacial score (nSPS) is 12.0. The van der Waals surface area contributed by atoms with Crippen molar-refractivity contribution in [3.63, 3.8) is 0 Å². The fraction of sp³-hybridized carbons (Fsp3) is 0.176. The van der Waals surface area contributed by atoms with Crippen LogP contribution in [-0.2, 0) is 6.42 Å². The van der Waals surface area contributed by atoms with Gasteiger partial charge in [0, 0.05) is 17.3 Å². The molecule has 0 saturated heterocycles. The zero-order valence-electron chi connectivity index (χ0n) is 11.9. The summed E-state index contributed by atoms with van der Waals surface area (Å²) in [6, 6.07) is 12.9. The summed E-state index contributed by atoms with van der Waals surface area (Å²) < 4.78 is 0. The first-order valence-electron chi connectivity index (χ1n) is 6.93. The molecule has 0 aliphatic heterocycles. The minimum atomic E-state index is 0.212. The van der Waals surface area contributed by atoms with Crippen molar-refractivity contribution >= 4 is 17.2 Å². The first-order chi connectivity index (χ1) is 10.3. The van der Waals surface area contributed by atoms with Crippen molar-refractivity contribution in [2.24, 2.45) is 0 Å². The van der Waals surface area contributed by atoms with Crippen LogP contribution in [0.2, 0.25) is 0 Å². The van der Waals surface area contributed by atoms with Crippen LogP contribution in [0.3, 0.4) is 0 Å². The van der Waals surface area contributed by atoms with Crippen molar-refractivity contribution < 1.29 is 0 Å². The number of anilines is 1. The number of thiophene rings is 1. The number of benzene rings is 1. The lowest BCUT2D eigenvalue weighted by Gasteiger charge is -2.19. The highest BCUT2D eigenvalue weighted by Gasteiger charge is 2.16. The molecule has 2 aromatic heterocycles. The van der Waals surface area contributed by atoms with Gasteiger partial charge in [-0.05, 0) is 35.9 Å². The molecule has 0 saturated carbocycles. The van der Waals surface area contributed by atoms with Gasteiger partial charge in [0.1, 0.15) is 5.82 Å². The zero-order chi connectivity index (χ0) is 14.5. The Morgan fingerprint density at radius 1 is 1.14 bits per heavy atom. The third kappa shape index (κ3) is 3.47. The quantitative estimate of drug-likeness (QED) is 0.765. The second kappa shape index (κ2) is 6.50. The molecule has 0 bridgehead atoms. The van der Waals surface area contributed by atoms with E-state index in [1.54, 1.807) is 29.9 Å². The van der Waals surface area contributed by atoms with Crippen LogP contribution in [0.15, 0.2) is 60.4 Å². The highest BCUT2D eigenvalue weighted by Crippen LogP contribution is 2.29. The maximum atomic E-state index is 4.33. The van der Waals surface area contributed by atoms with Crippen LogP contribution in [0.1, 0.15) is 22.0 Å². The molecule has 1 N–H and O–H groups in total. The average molecular weight is 295 g/mol. The second-order valence-corrected chi connectivity index (χ2v) is 5.89. The molecule has 21 heavy (non-hydrogen) atoms. The zero-order valence-corrected chi connectivity index (χ0v) is 12.7. The number of hydrogen-bond donors (Lipinski definition) is 1. The summed E-state index contributed by atoms with van der Waals surface area (Å²) >= 11 is 1.79. The monoisotopic (exact) mass is 295 g/mol. The fourth-order valence-electron chi connectivity index (χ4n) is 2.35. The van der Waals surface area contributed by atoms with Gasteiger partial charge in [0.15, 0.2) is 0 Å². The fourth-order valence-corrected chi connectivity index (χ4v) is 3.33. The molecular weight excluding hydrogens is 278 g/mol. The summed E-state index contributed by atoms with van der Waals surface area (Å²) in [4.78, 5) is 9.81. The Labute approximate surface area is 128 Å². The van der Waals surface area contributed by atoms with Crippen molar-refractivity contribution in [2.75, 3.05) is 5.32 Å². The molecule has 2 heterocycles. The van der Waals surface area contributed by atoms with Gasteiger partial charge in [0.2, 0.25) is 0 Å². The van der Waals surface area contributed by atoms with Crippen LogP contribution in [0, 0.1) is 6.92 Å². The van der Waals surface area contributed by atoms with E-state index in [9.17, 15) is 0 Å². The standard InChI is InChI=1S/C17H17N3S/c1-13-7-10-21-17(13)15(11-14-5-3-2-4-6-14)20-16-12-18-8-9-19-16/h2-10,12,15H,11H2,1H3,(H,19,20). The molecule has 106 valence electrons. The van der Waals surface area contributed by atoms with E-state index in [2.05, 4.69) is 57.9 Å². The molecule has 3 aromatic rings. The molecule has 0 spiro atoms. The van der Waals surface area contributed by atoms with E-state index in [1.807, 2.05) is 6.07 Å². The van der Waals surface area contributed by atoms with Gasteiger partial charge in [-0.3, -0.25) is 4.98 Å². The summed E-state index contributed by atoms with van der Waals surface area (Å²) in [5.74, 6) is 0.811. The highest BCUT2D eigenvalue weighted by molar-refractivity contribution is 7.10. The van der Waals surface area contributed by atoms with Crippen molar-refractivity contribution in [1.82, 2.24) is 9.97 Å². The Kier molecular flexibility index (Phi) is 4.26. The lowest BCUT2D eigenvalue weighted by molar-refractivity contribution is 0.779. The van der Waals surface area contributed by atoms with Crippen LogP contribution in [0.4, 0.5) is 5.82 Å². The van der Waals surface area contributed by atoms with Crippen molar-refractivity contribution in [3.8, 4) is 0 Å². The molecule has 1 atom stereocenters. The summed E-state index contributed by atoms with van der Waals surface area (Å²) in [5.41, 5.74) is 2.63. The second-order valence-electron chi connectivity index (χ2n) is 4.95. The van der Waals surface area contributed by atoms with Crippen LogP contribution < -0.4 is 5.32 Å². The minimum absolute atomic E-state index is 0.212. The van der Waals surface area contributed by atoms with Gasteiger partial charge in [0.05, 0.1) is 12.2 Å². The maximum absolute atomic E-state index is 4.33. The SMILES string of the molecule is Cc1ccsc1C(Cc1ccccc1)Nc1cnccn1. The Hall–Kier alpha value is -2.20. The predicted octanol–water partition coefficient (Wildman–Crippen LogP) is 4.24. The number of rotatable bonds is 5. The van der Waals surface area contributed by atoms with E-state index < -0.39 is 0 Å². The number of aryl methyl sites for hydroxylation is 1. The number of nitrogens with zero attached hydrogens (tertiary/aromatic N) is 2. The van der Waals surface area contributed by atoms with Crippen LogP contribution in [0.5, 0.6) is 0 Å². The Bertz CT molecular complexity index is 638. The van der Waals surface area contributed by atoms with E-state index in [-0.39, 0.29) is 6.04 Å². The average Bonchev–Trinajstić information content (AvgIpc) is 2.95. The highest BCUT2D eigenvalue weighted by atomic mass is 32.1. The maximum Gasteiger partial charge on any atom is 0.144 e. The Morgan fingerprint density at radius 2 is 2.00 bits per heavy atom. The van der Waals surface area contributed by atoms with E-state index in [4.69, 9.17) is 0 Å². The largest absolute Gasteiger partial charge is 0.361 e. The number of aromatic nitrogens is 2. The first kappa shape index (κ1) is 13.8. The molecule has 0 radical (unpaired) electrons. The summed E-state index contributed by atoms with van der Waals surface area (Å²) in [6.07, 6.45) is 6.09. The minimum Gasteiger partial charge on any atom is -0.361 e. The van der Waals surface area contributed by atoms with E-state index in [1.165, 1.54) is 16.0 Å². The molecule has 0 aliphatic carbocycles. The molecule has 1 aromatic carbocycles.